The molecule has 1 aliphatic carbocycles. The lowest BCUT2D eigenvalue weighted by Crippen LogP contribution is -2.34. The minimum Gasteiger partial charge on any atom is -0.327 e. The zero-order valence-corrected chi connectivity index (χ0v) is 6.72. The third kappa shape index (κ3) is 1.60. The molecular weight excluding hydrogens is 122 g/mol. The van der Waals surface area contributed by atoms with Crippen LogP contribution in [0.1, 0.15) is 26.2 Å². The van der Waals surface area contributed by atoms with Crippen molar-refractivity contribution < 1.29 is 0 Å². The molecule has 0 aromatic heterocycles. The summed E-state index contributed by atoms with van der Waals surface area (Å²) in [6.45, 7) is 6.06. The molecule has 1 rings (SSSR count). The quantitative estimate of drug-likeness (QED) is 0.552. The molecule has 1 heteroatoms. The molecule has 0 aromatic rings. The topological polar surface area (TPSA) is 26.0 Å². The molecule has 1 saturated carbocycles. The molecule has 0 radical (unpaired) electrons. The maximum absolute atomic E-state index is 5.91. The lowest BCUT2D eigenvalue weighted by atomic mass is 9.80. The highest BCUT2D eigenvalue weighted by molar-refractivity contribution is 4.91. The van der Waals surface area contributed by atoms with Gasteiger partial charge in [0.05, 0.1) is 0 Å². The van der Waals surface area contributed by atoms with Gasteiger partial charge in [-0.25, -0.2) is 0 Å². The third-order valence-electron chi connectivity index (χ3n) is 2.52. The molecule has 0 unspecified atom stereocenters. The largest absolute Gasteiger partial charge is 0.327 e. The number of hydrogen-bond acceptors (Lipinski definition) is 1. The van der Waals surface area contributed by atoms with Crippen LogP contribution < -0.4 is 5.73 Å². The van der Waals surface area contributed by atoms with E-state index in [1.54, 1.807) is 0 Å². The smallest absolute Gasteiger partial charge is 0.0104 e. The Balaban J connectivity index is 2.43. The predicted octanol–water partition coefficient (Wildman–Crippen LogP) is 1.94. The summed E-state index contributed by atoms with van der Waals surface area (Å²) in [7, 11) is 0. The SMILES string of the molecule is C=C[C@H]1CC[C@@H](C)C[C@@H]1N. The summed E-state index contributed by atoms with van der Waals surface area (Å²) in [5, 5.41) is 0. The molecule has 0 aromatic carbocycles. The molecule has 0 bridgehead atoms. The van der Waals surface area contributed by atoms with E-state index in [0.717, 1.165) is 5.92 Å². The fourth-order valence-corrected chi connectivity index (χ4v) is 1.74. The van der Waals surface area contributed by atoms with E-state index in [1.165, 1.54) is 19.3 Å². The van der Waals surface area contributed by atoms with Crippen LogP contribution in [0.2, 0.25) is 0 Å². The Labute approximate surface area is 63.3 Å². The van der Waals surface area contributed by atoms with E-state index in [4.69, 9.17) is 5.73 Å². The second-order valence-corrected chi connectivity index (χ2v) is 3.48. The Bertz CT molecular complexity index is 120. The van der Waals surface area contributed by atoms with Gasteiger partial charge in [0, 0.05) is 6.04 Å². The second kappa shape index (κ2) is 3.20. The fourth-order valence-electron chi connectivity index (χ4n) is 1.74. The lowest BCUT2D eigenvalue weighted by Gasteiger charge is -2.30. The molecule has 3 atom stereocenters. The van der Waals surface area contributed by atoms with Crippen LogP contribution in [0.5, 0.6) is 0 Å². The predicted molar refractivity (Wildman–Crippen MR) is 44.7 cm³/mol. The molecule has 58 valence electrons. The highest BCUT2D eigenvalue weighted by atomic mass is 14.7. The second-order valence-electron chi connectivity index (χ2n) is 3.48. The van der Waals surface area contributed by atoms with E-state index in [-0.39, 0.29) is 0 Å². The molecule has 2 N–H and O–H groups in total. The van der Waals surface area contributed by atoms with Crippen molar-refractivity contribution in [2.45, 2.75) is 32.2 Å². The van der Waals surface area contributed by atoms with E-state index >= 15 is 0 Å². The normalized spacial score (nSPS) is 41.2. The van der Waals surface area contributed by atoms with Crippen LogP contribution in [-0.4, -0.2) is 6.04 Å². The minimum atomic E-state index is 0.376. The average molecular weight is 139 g/mol. The first-order valence-corrected chi connectivity index (χ1v) is 4.12. The Morgan fingerprint density at radius 1 is 1.50 bits per heavy atom. The third-order valence-corrected chi connectivity index (χ3v) is 2.52. The van der Waals surface area contributed by atoms with Gasteiger partial charge in [-0.05, 0) is 24.7 Å². The summed E-state index contributed by atoms with van der Waals surface area (Å²) in [5.41, 5.74) is 5.91. The van der Waals surface area contributed by atoms with Crippen LogP contribution in [0.3, 0.4) is 0 Å². The van der Waals surface area contributed by atoms with Crippen molar-refractivity contribution in [3.8, 4) is 0 Å². The van der Waals surface area contributed by atoms with Gasteiger partial charge in [0.25, 0.3) is 0 Å². The van der Waals surface area contributed by atoms with Crippen molar-refractivity contribution >= 4 is 0 Å². The van der Waals surface area contributed by atoms with E-state index in [0.29, 0.717) is 12.0 Å². The average Bonchev–Trinajstić information content (AvgIpc) is 1.88. The molecule has 10 heavy (non-hydrogen) atoms. The Kier molecular flexibility index (Phi) is 2.50. The van der Waals surface area contributed by atoms with Crippen molar-refractivity contribution in [2.75, 3.05) is 0 Å². The maximum atomic E-state index is 5.91. The van der Waals surface area contributed by atoms with Gasteiger partial charge in [-0.15, -0.1) is 6.58 Å². The highest BCUT2D eigenvalue weighted by Crippen LogP contribution is 2.27. The van der Waals surface area contributed by atoms with Gasteiger partial charge in [-0.2, -0.15) is 0 Å². The van der Waals surface area contributed by atoms with Gasteiger partial charge in [0.1, 0.15) is 0 Å². The summed E-state index contributed by atoms with van der Waals surface area (Å²) >= 11 is 0. The highest BCUT2D eigenvalue weighted by Gasteiger charge is 2.22. The number of nitrogens with two attached hydrogens (primary N) is 1. The number of hydrogen-bond donors (Lipinski definition) is 1. The molecule has 0 aliphatic heterocycles. The first kappa shape index (κ1) is 7.80. The van der Waals surface area contributed by atoms with E-state index in [9.17, 15) is 0 Å². The molecule has 0 saturated heterocycles. The van der Waals surface area contributed by atoms with Gasteiger partial charge in [0.2, 0.25) is 0 Å². The Hall–Kier alpha value is -0.300. The molecule has 0 heterocycles. The van der Waals surface area contributed by atoms with Gasteiger partial charge >= 0.3 is 0 Å². The zero-order valence-electron chi connectivity index (χ0n) is 6.72. The monoisotopic (exact) mass is 139 g/mol. The minimum absolute atomic E-state index is 0.376. The van der Waals surface area contributed by atoms with Crippen LogP contribution in [0, 0.1) is 11.8 Å². The lowest BCUT2D eigenvalue weighted by molar-refractivity contribution is 0.289. The summed E-state index contributed by atoms with van der Waals surface area (Å²) in [4.78, 5) is 0. The van der Waals surface area contributed by atoms with Crippen LogP contribution >= 0.6 is 0 Å². The van der Waals surface area contributed by atoms with Crippen LogP contribution in [0.4, 0.5) is 0 Å². The van der Waals surface area contributed by atoms with Gasteiger partial charge in [-0.3, -0.25) is 0 Å². The maximum Gasteiger partial charge on any atom is 0.0104 e. The Morgan fingerprint density at radius 3 is 2.70 bits per heavy atom. The van der Waals surface area contributed by atoms with Crippen molar-refractivity contribution in [1.29, 1.82) is 0 Å². The molecule has 1 nitrogen and oxygen atoms in total. The van der Waals surface area contributed by atoms with E-state index < -0.39 is 0 Å². The van der Waals surface area contributed by atoms with Crippen LogP contribution in [-0.2, 0) is 0 Å². The van der Waals surface area contributed by atoms with E-state index in [2.05, 4.69) is 13.5 Å². The fraction of sp³-hybridized carbons (Fsp3) is 0.778. The summed E-state index contributed by atoms with van der Waals surface area (Å²) in [6, 6.07) is 0.376. The molecule has 1 aliphatic rings. The Morgan fingerprint density at radius 2 is 2.20 bits per heavy atom. The van der Waals surface area contributed by atoms with Gasteiger partial charge in [0.15, 0.2) is 0 Å². The first-order valence-electron chi connectivity index (χ1n) is 4.12. The first-order chi connectivity index (χ1) is 4.74. The van der Waals surface area contributed by atoms with Crippen molar-refractivity contribution in [2.24, 2.45) is 17.6 Å². The number of rotatable bonds is 1. The van der Waals surface area contributed by atoms with Crippen molar-refractivity contribution in [3.05, 3.63) is 12.7 Å². The van der Waals surface area contributed by atoms with Gasteiger partial charge in [-0.1, -0.05) is 19.4 Å². The molecular formula is C9H17N. The van der Waals surface area contributed by atoms with Crippen LogP contribution in [0.25, 0.3) is 0 Å². The zero-order chi connectivity index (χ0) is 7.56. The van der Waals surface area contributed by atoms with Crippen molar-refractivity contribution in [1.82, 2.24) is 0 Å². The van der Waals surface area contributed by atoms with Crippen LogP contribution in [0.15, 0.2) is 12.7 Å². The standard InChI is InChI=1S/C9H17N/c1-3-8-5-4-7(2)6-9(8)10/h3,7-9H,1,4-6,10H2,2H3/t7-,8+,9+/m1/s1. The molecule has 1 fully saturated rings. The van der Waals surface area contributed by atoms with E-state index in [1.807, 2.05) is 6.08 Å². The van der Waals surface area contributed by atoms with Crippen molar-refractivity contribution in [3.63, 3.8) is 0 Å². The summed E-state index contributed by atoms with van der Waals surface area (Å²) in [6.07, 6.45) is 5.75. The molecule has 0 spiro atoms. The summed E-state index contributed by atoms with van der Waals surface area (Å²) < 4.78 is 0. The summed E-state index contributed by atoms with van der Waals surface area (Å²) in [5.74, 6) is 1.40. The van der Waals surface area contributed by atoms with Gasteiger partial charge < -0.3 is 5.73 Å². The molecule has 0 amide bonds.